The summed E-state index contributed by atoms with van der Waals surface area (Å²) in [6, 6.07) is 12.2. The third-order valence-electron chi connectivity index (χ3n) is 3.47. The van der Waals surface area contributed by atoms with Gasteiger partial charge in [-0.1, -0.05) is 34.1 Å². The molecule has 0 aliphatic rings. The summed E-state index contributed by atoms with van der Waals surface area (Å²) >= 11 is 3.46. The Morgan fingerprint density at radius 2 is 1.91 bits per heavy atom. The molecular weight excluding hydrogens is 364 g/mol. The molecule has 23 heavy (non-hydrogen) atoms. The fourth-order valence-corrected chi connectivity index (χ4v) is 2.76. The van der Waals surface area contributed by atoms with E-state index in [9.17, 15) is 8.78 Å². The molecule has 0 aliphatic heterocycles. The summed E-state index contributed by atoms with van der Waals surface area (Å²) in [5.41, 5.74) is 1.88. The Bertz CT molecular complexity index is 824. The van der Waals surface area contributed by atoms with Crippen LogP contribution in [0.2, 0.25) is 0 Å². The lowest BCUT2D eigenvalue weighted by Crippen LogP contribution is -2.29. The molecule has 3 aromatic rings. The maximum absolute atomic E-state index is 12.8. The molecule has 120 valence electrons. The minimum atomic E-state index is -2.72. The Morgan fingerprint density at radius 1 is 1.17 bits per heavy atom. The number of fused-ring (bicyclic) bond motifs is 1. The van der Waals surface area contributed by atoms with E-state index in [0.29, 0.717) is 5.82 Å². The van der Waals surface area contributed by atoms with Gasteiger partial charge in [-0.05, 0) is 29.0 Å². The van der Waals surface area contributed by atoms with Gasteiger partial charge in [0.1, 0.15) is 5.82 Å². The van der Waals surface area contributed by atoms with Crippen LogP contribution in [0, 0.1) is 0 Å². The number of imidazole rings is 1. The summed E-state index contributed by atoms with van der Waals surface area (Å²) in [6.07, 6.45) is 1.72. The largest absolute Gasteiger partial charge is 0.341 e. The topological polar surface area (TPSA) is 40.7 Å². The summed E-state index contributed by atoms with van der Waals surface area (Å²) in [6.45, 7) is 0.804. The van der Waals surface area contributed by atoms with Crippen molar-refractivity contribution in [1.29, 1.82) is 0 Å². The predicted octanol–water partition coefficient (Wildman–Crippen LogP) is 4.74. The molecule has 3 nitrogen and oxygen atoms in total. The number of nitrogens with zero attached hydrogens (tertiary/aromatic N) is 1. The van der Waals surface area contributed by atoms with Crippen LogP contribution in [0.3, 0.4) is 0 Å². The normalized spacial score (nSPS) is 12.0. The Hall–Kier alpha value is -1.79. The molecule has 0 spiro atoms. The minimum absolute atomic E-state index is 0.282. The van der Waals surface area contributed by atoms with Gasteiger partial charge in [-0.25, -0.2) is 13.8 Å². The molecular formula is C17H16BrF2N3. The van der Waals surface area contributed by atoms with Gasteiger partial charge in [-0.15, -0.1) is 0 Å². The lowest BCUT2D eigenvalue weighted by Gasteiger charge is -2.09. The molecule has 1 heterocycles. The van der Waals surface area contributed by atoms with Crippen molar-refractivity contribution < 1.29 is 8.78 Å². The Balaban J connectivity index is 1.76. The third-order valence-corrected chi connectivity index (χ3v) is 3.96. The van der Waals surface area contributed by atoms with Crippen LogP contribution in [-0.2, 0) is 6.54 Å². The number of benzene rings is 2. The summed E-state index contributed by atoms with van der Waals surface area (Å²) < 4.78 is 26.6. The van der Waals surface area contributed by atoms with Gasteiger partial charge in [-0.2, -0.15) is 0 Å². The molecule has 0 bridgehead atoms. The van der Waals surface area contributed by atoms with Gasteiger partial charge < -0.3 is 10.3 Å². The van der Waals surface area contributed by atoms with Crippen LogP contribution in [0.25, 0.3) is 22.0 Å². The quantitative estimate of drug-likeness (QED) is 0.672. The average Bonchev–Trinajstić information content (AvgIpc) is 2.94. The van der Waals surface area contributed by atoms with E-state index < -0.39 is 5.92 Å². The first-order valence-corrected chi connectivity index (χ1v) is 8.02. The first-order valence-electron chi connectivity index (χ1n) is 7.23. The maximum atomic E-state index is 12.8. The average molecular weight is 380 g/mol. The van der Waals surface area contributed by atoms with Crippen molar-refractivity contribution in [3.8, 4) is 11.3 Å². The first-order chi connectivity index (χ1) is 10.9. The number of halogens is 3. The van der Waals surface area contributed by atoms with Gasteiger partial charge in [0.15, 0.2) is 0 Å². The standard InChI is InChI=1S/C17H16BrF2N3/c1-17(19,20)10-21-9-16-22-8-15(23-16)13-3-2-12-7-14(18)5-4-11(12)6-13/h2-8,21H,9-10H2,1H3,(H,22,23). The first kappa shape index (κ1) is 16.1. The number of aromatic nitrogens is 2. The lowest BCUT2D eigenvalue weighted by molar-refractivity contribution is 0.0223. The Morgan fingerprint density at radius 3 is 2.70 bits per heavy atom. The molecule has 0 unspecified atom stereocenters. The van der Waals surface area contributed by atoms with E-state index in [1.807, 2.05) is 24.3 Å². The number of alkyl halides is 2. The summed E-state index contributed by atoms with van der Waals surface area (Å²) in [5, 5.41) is 4.97. The van der Waals surface area contributed by atoms with E-state index in [2.05, 4.69) is 43.3 Å². The number of hydrogen-bond donors (Lipinski definition) is 2. The molecule has 2 aromatic carbocycles. The lowest BCUT2D eigenvalue weighted by atomic mass is 10.1. The fraction of sp³-hybridized carbons (Fsp3) is 0.235. The van der Waals surface area contributed by atoms with Gasteiger partial charge in [0.25, 0.3) is 5.92 Å². The summed E-state index contributed by atoms with van der Waals surface area (Å²) in [4.78, 5) is 7.40. The molecule has 6 heteroatoms. The van der Waals surface area contributed by atoms with Crippen LogP contribution < -0.4 is 5.32 Å². The molecule has 0 saturated heterocycles. The number of H-pyrrole nitrogens is 1. The summed E-state index contributed by atoms with van der Waals surface area (Å²) in [7, 11) is 0. The van der Waals surface area contributed by atoms with Crippen molar-refractivity contribution in [3.63, 3.8) is 0 Å². The molecule has 3 rings (SSSR count). The highest BCUT2D eigenvalue weighted by molar-refractivity contribution is 9.10. The molecule has 1 aromatic heterocycles. The number of rotatable bonds is 5. The van der Waals surface area contributed by atoms with Crippen molar-refractivity contribution in [2.24, 2.45) is 0 Å². The smallest absolute Gasteiger partial charge is 0.257 e. The van der Waals surface area contributed by atoms with E-state index in [-0.39, 0.29) is 13.1 Å². The molecule has 0 amide bonds. The van der Waals surface area contributed by atoms with Gasteiger partial charge in [0.2, 0.25) is 0 Å². The Kier molecular flexibility index (Phi) is 4.46. The number of hydrogen-bond acceptors (Lipinski definition) is 2. The summed E-state index contributed by atoms with van der Waals surface area (Å²) in [5.74, 6) is -2.08. The van der Waals surface area contributed by atoms with E-state index in [0.717, 1.165) is 33.4 Å². The van der Waals surface area contributed by atoms with E-state index in [1.165, 1.54) is 0 Å². The zero-order valence-corrected chi connectivity index (χ0v) is 14.1. The maximum Gasteiger partial charge on any atom is 0.257 e. The highest BCUT2D eigenvalue weighted by Crippen LogP contribution is 2.25. The predicted molar refractivity (Wildman–Crippen MR) is 91.6 cm³/mol. The minimum Gasteiger partial charge on any atom is -0.341 e. The zero-order chi connectivity index (χ0) is 16.4. The van der Waals surface area contributed by atoms with E-state index in [1.54, 1.807) is 6.20 Å². The number of nitrogens with one attached hydrogen (secondary N) is 2. The van der Waals surface area contributed by atoms with Crippen LogP contribution in [0.4, 0.5) is 8.78 Å². The van der Waals surface area contributed by atoms with Crippen molar-refractivity contribution in [2.45, 2.75) is 19.4 Å². The van der Waals surface area contributed by atoms with Crippen molar-refractivity contribution in [2.75, 3.05) is 6.54 Å². The monoisotopic (exact) mass is 379 g/mol. The highest BCUT2D eigenvalue weighted by atomic mass is 79.9. The molecule has 0 radical (unpaired) electrons. The van der Waals surface area contributed by atoms with Crippen LogP contribution >= 0.6 is 15.9 Å². The molecule has 0 aliphatic carbocycles. The van der Waals surface area contributed by atoms with Crippen LogP contribution in [-0.4, -0.2) is 22.4 Å². The van der Waals surface area contributed by atoms with Gasteiger partial charge in [0, 0.05) is 17.0 Å². The molecule has 0 atom stereocenters. The third kappa shape index (κ3) is 4.14. The second-order valence-corrected chi connectivity index (χ2v) is 6.54. The second kappa shape index (κ2) is 6.37. The molecule has 0 saturated carbocycles. The van der Waals surface area contributed by atoms with Crippen LogP contribution in [0.15, 0.2) is 47.1 Å². The van der Waals surface area contributed by atoms with Crippen LogP contribution in [0.1, 0.15) is 12.7 Å². The van der Waals surface area contributed by atoms with Gasteiger partial charge in [-0.3, -0.25) is 0 Å². The van der Waals surface area contributed by atoms with E-state index >= 15 is 0 Å². The van der Waals surface area contributed by atoms with E-state index in [4.69, 9.17) is 0 Å². The zero-order valence-electron chi connectivity index (χ0n) is 12.5. The van der Waals surface area contributed by atoms with Gasteiger partial charge in [0.05, 0.1) is 25.0 Å². The van der Waals surface area contributed by atoms with Crippen molar-refractivity contribution in [1.82, 2.24) is 15.3 Å². The highest BCUT2D eigenvalue weighted by Gasteiger charge is 2.20. The SMILES string of the molecule is CC(F)(F)CNCc1ncc(-c2ccc3cc(Br)ccc3c2)[nH]1. The second-order valence-electron chi connectivity index (χ2n) is 5.62. The van der Waals surface area contributed by atoms with Crippen molar-refractivity contribution in [3.05, 3.63) is 52.9 Å². The van der Waals surface area contributed by atoms with Gasteiger partial charge >= 0.3 is 0 Å². The van der Waals surface area contributed by atoms with Crippen LogP contribution in [0.5, 0.6) is 0 Å². The fourth-order valence-electron chi connectivity index (χ4n) is 2.38. The molecule has 2 N–H and O–H groups in total. The number of aromatic amines is 1. The Labute approximate surface area is 141 Å². The molecule has 0 fully saturated rings. The van der Waals surface area contributed by atoms with Crippen molar-refractivity contribution >= 4 is 26.7 Å².